The second-order valence-electron chi connectivity index (χ2n) is 9.51. The van der Waals surface area contributed by atoms with Gasteiger partial charge in [-0.1, -0.05) is 44.2 Å². The summed E-state index contributed by atoms with van der Waals surface area (Å²) < 4.78 is 17.7. The number of aromatic nitrogens is 3. The summed E-state index contributed by atoms with van der Waals surface area (Å²) in [6.45, 7) is 6.57. The summed E-state index contributed by atoms with van der Waals surface area (Å²) in [7, 11) is 0. The quantitative estimate of drug-likeness (QED) is 0.304. The van der Waals surface area contributed by atoms with Gasteiger partial charge in [-0.2, -0.15) is 9.61 Å². The van der Waals surface area contributed by atoms with Crippen LogP contribution in [0.4, 0.5) is 4.39 Å². The molecule has 37 heavy (non-hydrogen) atoms. The lowest BCUT2D eigenvalue weighted by Gasteiger charge is -2.27. The van der Waals surface area contributed by atoms with E-state index in [-0.39, 0.29) is 17.5 Å². The van der Waals surface area contributed by atoms with Crippen molar-refractivity contribution in [2.75, 3.05) is 6.54 Å². The van der Waals surface area contributed by atoms with E-state index in [0.717, 1.165) is 10.0 Å². The van der Waals surface area contributed by atoms with Crippen LogP contribution in [0.15, 0.2) is 63.9 Å². The lowest BCUT2D eigenvalue weighted by molar-refractivity contribution is 0.0922. The normalized spacial score (nSPS) is 12.3. The monoisotopic (exact) mass is 567 g/mol. The van der Waals surface area contributed by atoms with E-state index in [2.05, 4.69) is 26.3 Å². The highest BCUT2D eigenvalue weighted by atomic mass is 79.9. The van der Waals surface area contributed by atoms with Crippen molar-refractivity contribution in [3.05, 3.63) is 103 Å². The van der Waals surface area contributed by atoms with Crippen molar-refractivity contribution in [2.24, 2.45) is 11.7 Å². The average Bonchev–Trinajstić information content (AvgIpc) is 3.17. The maximum Gasteiger partial charge on any atom is 0.349 e. The van der Waals surface area contributed by atoms with Gasteiger partial charge in [0.25, 0.3) is 5.91 Å². The zero-order chi connectivity index (χ0) is 26.7. The minimum Gasteiger partial charge on any atom is -0.343 e. The van der Waals surface area contributed by atoms with Crippen LogP contribution in [0.1, 0.15) is 59.2 Å². The van der Waals surface area contributed by atoms with Crippen molar-refractivity contribution in [1.82, 2.24) is 19.5 Å². The molecule has 1 atom stereocenters. The van der Waals surface area contributed by atoms with Crippen LogP contribution in [0.25, 0.3) is 5.52 Å². The number of nitrogens with zero attached hydrogens (tertiary/aromatic N) is 3. The smallest absolute Gasteiger partial charge is 0.343 e. The van der Waals surface area contributed by atoms with Gasteiger partial charge >= 0.3 is 5.69 Å². The number of nitrogens with two attached hydrogens (primary N) is 1. The molecule has 0 bridgehead atoms. The first-order valence-electron chi connectivity index (χ1n) is 12.3. The SMILES string of the molecule is Cc1nn2c(=O)n(Cc3ccccc3)c(C(NC(=O)c3ccc(F)cc3CCCN)C(C)C)cc2c1Br. The van der Waals surface area contributed by atoms with Crippen molar-refractivity contribution in [2.45, 2.75) is 46.2 Å². The van der Waals surface area contributed by atoms with Crippen molar-refractivity contribution in [3.63, 3.8) is 0 Å². The molecule has 7 nitrogen and oxygen atoms in total. The first kappa shape index (κ1) is 26.8. The number of nitrogens with one attached hydrogen (secondary N) is 1. The van der Waals surface area contributed by atoms with Gasteiger partial charge < -0.3 is 11.1 Å². The molecule has 9 heteroatoms. The molecule has 0 fully saturated rings. The summed E-state index contributed by atoms with van der Waals surface area (Å²) >= 11 is 3.56. The van der Waals surface area contributed by atoms with E-state index in [1.165, 1.54) is 22.7 Å². The maximum absolute atomic E-state index is 14.0. The van der Waals surface area contributed by atoms with Gasteiger partial charge in [-0.25, -0.2) is 9.18 Å². The number of fused-ring (bicyclic) bond motifs is 1. The molecule has 1 amide bonds. The predicted octanol–water partition coefficient (Wildman–Crippen LogP) is 4.77. The summed E-state index contributed by atoms with van der Waals surface area (Å²) in [6, 6.07) is 15.3. The summed E-state index contributed by atoms with van der Waals surface area (Å²) in [6.07, 6.45) is 1.13. The number of aryl methyl sites for hydroxylation is 2. The van der Waals surface area contributed by atoms with E-state index < -0.39 is 11.9 Å². The Hall–Kier alpha value is -3.30. The van der Waals surface area contributed by atoms with Crippen LogP contribution in [0.3, 0.4) is 0 Å². The number of benzene rings is 2. The van der Waals surface area contributed by atoms with Crippen molar-refractivity contribution in [3.8, 4) is 0 Å². The molecule has 194 valence electrons. The molecule has 0 spiro atoms. The molecular weight excluding hydrogens is 537 g/mol. The number of hydrogen-bond donors (Lipinski definition) is 2. The third-order valence-corrected chi connectivity index (χ3v) is 7.43. The van der Waals surface area contributed by atoms with Gasteiger partial charge in [-0.15, -0.1) is 0 Å². The van der Waals surface area contributed by atoms with Gasteiger partial charge in [0.1, 0.15) is 5.82 Å². The van der Waals surface area contributed by atoms with Crippen LogP contribution < -0.4 is 16.7 Å². The molecule has 0 aliphatic carbocycles. The summed E-state index contributed by atoms with van der Waals surface area (Å²) in [5, 5.41) is 7.55. The molecule has 3 N–H and O–H groups in total. The van der Waals surface area contributed by atoms with E-state index in [1.54, 1.807) is 4.57 Å². The predicted molar refractivity (Wildman–Crippen MR) is 146 cm³/mol. The van der Waals surface area contributed by atoms with E-state index in [1.807, 2.05) is 57.2 Å². The molecule has 1 unspecified atom stereocenters. The Balaban J connectivity index is 1.82. The molecule has 0 saturated heterocycles. The number of carbonyl (C=O) groups excluding carboxylic acids is 1. The molecule has 4 aromatic rings. The van der Waals surface area contributed by atoms with Crippen LogP contribution in [0, 0.1) is 18.7 Å². The Labute approximate surface area is 223 Å². The number of carbonyl (C=O) groups is 1. The largest absolute Gasteiger partial charge is 0.349 e. The van der Waals surface area contributed by atoms with E-state index in [0.29, 0.717) is 54.0 Å². The van der Waals surface area contributed by atoms with Gasteiger partial charge in [0.05, 0.1) is 28.3 Å². The van der Waals surface area contributed by atoms with E-state index >= 15 is 0 Å². The second-order valence-corrected chi connectivity index (χ2v) is 10.3. The summed E-state index contributed by atoms with van der Waals surface area (Å²) in [4.78, 5) is 27.2. The first-order valence-corrected chi connectivity index (χ1v) is 13.1. The van der Waals surface area contributed by atoms with Gasteiger partial charge in [0.15, 0.2) is 0 Å². The Kier molecular flexibility index (Phi) is 8.24. The number of hydrogen-bond acceptors (Lipinski definition) is 4. The fraction of sp³-hybridized carbons (Fsp3) is 0.321. The van der Waals surface area contributed by atoms with Crippen LogP contribution in [0.5, 0.6) is 0 Å². The molecular formula is C28H31BrFN5O2. The molecule has 2 aromatic heterocycles. The van der Waals surface area contributed by atoms with Gasteiger partial charge in [0, 0.05) is 11.3 Å². The van der Waals surface area contributed by atoms with E-state index in [4.69, 9.17) is 5.73 Å². The molecule has 0 aliphatic heterocycles. The fourth-order valence-corrected chi connectivity index (χ4v) is 4.87. The third-order valence-electron chi connectivity index (χ3n) is 6.45. The van der Waals surface area contributed by atoms with Crippen LogP contribution in [0.2, 0.25) is 0 Å². The van der Waals surface area contributed by atoms with Crippen LogP contribution >= 0.6 is 15.9 Å². The molecule has 2 heterocycles. The Bertz CT molecular complexity index is 1480. The number of rotatable bonds is 9. The Morgan fingerprint density at radius 3 is 2.57 bits per heavy atom. The minimum absolute atomic E-state index is 0.0523. The number of halogens is 2. The average molecular weight is 568 g/mol. The van der Waals surface area contributed by atoms with Gasteiger partial charge in [0.2, 0.25) is 0 Å². The Morgan fingerprint density at radius 2 is 1.89 bits per heavy atom. The highest BCUT2D eigenvalue weighted by Crippen LogP contribution is 2.28. The standard InChI is InChI=1S/C28H31BrFN5O2/c1-17(2)26(32-27(36)22-12-11-21(30)14-20(22)10-7-13-31)24-15-23-25(29)18(3)33-35(23)28(37)34(24)16-19-8-5-4-6-9-19/h4-6,8-9,11-12,14-15,17,26H,7,10,13,16,31H2,1-3H3,(H,32,36). The highest BCUT2D eigenvalue weighted by molar-refractivity contribution is 9.10. The second kappa shape index (κ2) is 11.4. The minimum atomic E-state index is -0.497. The van der Waals surface area contributed by atoms with Gasteiger partial charge in [-0.05, 0) is 83.6 Å². The van der Waals surface area contributed by atoms with Crippen molar-refractivity contribution >= 4 is 27.4 Å². The maximum atomic E-state index is 14.0. The van der Waals surface area contributed by atoms with Crippen LogP contribution in [-0.4, -0.2) is 26.6 Å². The third kappa shape index (κ3) is 5.67. The highest BCUT2D eigenvalue weighted by Gasteiger charge is 2.26. The molecule has 4 rings (SSSR count). The molecule has 2 aromatic carbocycles. The van der Waals surface area contributed by atoms with E-state index in [9.17, 15) is 14.0 Å². The van der Waals surface area contributed by atoms with Crippen LogP contribution in [-0.2, 0) is 13.0 Å². The zero-order valence-electron chi connectivity index (χ0n) is 21.2. The lowest BCUT2D eigenvalue weighted by Crippen LogP contribution is -2.38. The molecule has 0 aliphatic rings. The molecule has 0 radical (unpaired) electrons. The lowest BCUT2D eigenvalue weighted by atomic mass is 9.97. The molecule has 0 saturated carbocycles. The summed E-state index contributed by atoms with van der Waals surface area (Å²) in [5.41, 5.74) is 9.31. The summed E-state index contributed by atoms with van der Waals surface area (Å²) in [5.74, 6) is -0.774. The Morgan fingerprint density at radius 1 is 1.16 bits per heavy atom. The zero-order valence-corrected chi connectivity index (χ0v) is 22.8. The fourth-order valence-electron chi connectivity index (χ4n) is 4.51. The first-order chi connectivity index (χ1) is 17.7. The topological polar surface area (TPSA) is 94.4 Å². The van der Waals surface area contributed by atoms with Gasteiger partial charge in [-0.3, -0.25) is 9.36 Å². The number of amides is 1. The van der Waals surface area contributed by atoms with Crippen molar-refractivity contribution in [1.29, 1.82) is 0 Å². The van der Waals surface area contributed by atoms with Crippen molar-refractivity contribution < 1.29 is 9.18 Å².